The van der Waals surface area contributed by atoms with Gasteiger partial charge >= 0.3 is 0 Å². The minimum Gasteiger partial charge on any atom is -0.381 e. The molecular weight excluding hydrogens is 200 g/mol. The number of aromatic nitrogens is 2. The van der Waals surface area contributed by atoms with Gasteiger partial charge in [-0.3, -0.25) is 0 Å². The van der Waals surface area contributed by atoms with Gasteiger partial charge in [-0.15, -0.1) is 0 Å². The van der Waals surface area contributed by atoms with Crippen LogP contribution in [-0.4, -0.2) is 18.3 Å². The zero-order chi connectivity index (χ0) is 11.5. The van der Waals surface area contributed by atoms with Gasteiger partial charge in [0.15, 0.2) is 11.0 Å². The second kappa shape index (κ2) is 4.66. The molecule has 0 fully saturated rings. The van der Waals surface area contributed by atoms with Gasteiger partial charge in [0.2, 0.25) is 6.33 Å². The highest BCUT2D eigenvalue weighted by molar-refractivity contribution is 5.71. The van der Waals surface area contributed by atoms with Crippen molar-refractivity contribution in [3.05, 3.63) is 30.6 Å². The molecule has 16 heavy (non-hydrogen) atoms. The summed E-state index contributed by atoms with van der Waals surface area (Å²) >= 11 is 0. The minimum atomic E-state index is 0.480. The Labute approximate surface area is 96.3 Å². The van der Waals surface area contributed by atoms with Crippen molar-refractivity contribution in [1.29, 1.82) is 0 Å². The van der Waals surface area contributed by atoms with E-state index in [0.717, 1.165) is 13.2 Å². The zero-order valence-corrected chi connectivity index (χ0v) is 10.2. The van der Waals surface area contributed by atoms with Crippen molar-refractivity contribution in [3.8, 4) is 0 Å². The lowest BCUT2D eigenvalue weighted by Crippen LogP contribution is -2.34. The third kappa shape index (κ3) is 1.95. The number of methoxy groups -OCH3 is 1. The van der Waals surface area contributed by atoms with Crippen molar-refractivity contribution in [2.45, 2.75) is 26.4 Å². The molecule has 3 heteroatoms. The first kappa shape index (κ1) is 11.1. The molecule has 0 N–H and O–H groups in total. The topological polar surface area (TPSA) is 18.0 Å². The molecule has 0 bridgehead atoms. The number of imidazole rings is 1. The lowest BCUT2D eigenvalue weighted by molar-refractivity contribution is -0.673. The van der Waals surface area contributed by atoms with Gasteiger partial charge in [0.25, 0.3) is 0 Å². The highest BCUT2D eigenvalue weighted by Gasteiger charge is 2.16. The summed E-state index contributed by atoms with van der Waals surface area (Å²) in [6.07, 6.45) is 2.17. The van der Waals surface area contributed by atoms with Gasteiger partial charge in [-0.2, -0.15) is 0 Å². The van der Waals surface area contributed by atoms with Crippen LogP contribution < -0.4 is 4.57 Å². The Morgan fingerprint density at radius 1 is 1.31 bits per heavy atom. The van der Waals surface area contributed by atoms with E-state index in [-0.39, 0.29) is 0 Å². The van der Waals surface area contributed by atoms with E-state index >= 15 is 0 Å². The van der Waals surface area contributed by atoms with Crippen molar-refractivity contribution < 1.29 is 9.30 Å². The molecule has 0 aliphatic heterocycles. The van der Waals surface area contributed by atoms with E-state index in [1.807, 2.05) is 0 Å². The van der Waals surface area contributed by atoms with Gasteiger partial charge in [-0.05, 0) is 26.0 Å². The van der Waals surface area contributed by atoms with E-state index in [1.165, 1.54) is 11.0 Å². The zero-order valence-electron chi connectivity index (χ0n) is 10.2. The molecule has 0 unspecified atom stereocenters. The number of hydrogen-bond donors (Lipinski definition) is 0. The van der Waals surface area contributed by atoms with Crippen LogP contribution >= 0.6 is 0 Å². The van der Waals surface area contributed by atoms with Gasteiger partial charge in [-0.25, -0.2) is 9.13 Å². The quantitative estimate of drug-likeness (QED) is 0.721. The molecule has 0 amide bonds. The van der Waals surface area contributed by atoms with Crippen LogP contribution in [0.4, 0.5) is 0 Å². The monoisotopic (exact) mass is 219 g/mol. The summed E-state index contributed by atoms with van der Waals surface area (Å²) in [6, 6.07) is 8.97. The molecule has 0 aliphatic carbocycles. The summed E-state index contributed by atoms with van der Waals surface area (Å²) in [5, 5.41) is 0. The Morgan fingerprint density at radius 2 is 2.06 bits per heavy atom. The van der Waals surface area contributed by atoms with Crippen molar-refractivity contribution in [2.75, 3.05) is 13.7 Å². The van der Waals surface area contributed by atoms with Crippen LogP contribution in [0.25, 0.3) is 11.0 Å². The first-order valence-electron chi connectivity index (χ1n) is 5.72. The SMILES string of the molecule is COCC[n+]1cn(C(C)C)c2ccccc21. The number of nitrogens with zero attached hydrogens (tertiary/aromatic N) is 2. The molecule has 2 rings (SSSR count). The minimum absolute atomic E-state index is 0.480. The average Bonchev–Trinajstić information content (AvgIpc) is 2.65. The van der Waals surface area contributed by atoms with Crippen LogP contribution in [0.3, 0.4) is 0 Å². The van der Waals surface area contributed by atoms with Crippen LogP contribution in [-0.2, 0) is 11.3 Å². The molecule has 2 aromatic rings. The summed E-state index contributed by atoms with van der Waals surface area (Å²) < 4.78 is 9.68. The molecule has 0 atom stereocenters. The molecule has 0 spiro atoms. The Bertz CT molecular complexity index is 474. The van der Waals surface area contributed by atoms with E-state index in [4.69, 9.17) is 4.74 Å². The van der Waals surface area contributed by atoms with Crippen molar-refractivity contribution in [3.63, 3.8) is 0 Å². The molecular formula is C13H19N2O+. The maximum Gasteiger partial charge on any atom is 0.245 e. The predicted molar refractivity (Wildman–Crippen MR) is 64.4 cm³/mol. The van der Waals surface area contributed by atoms with Gasteiger partial charge in [0, 0.05) is 7.11 Å². The van der Waals surface area contributed by atoms with E-state index in [0.29, 0.717) is 6.04 Å². The van der Waals surface area contributed by atoms with Crippen LogP contribution in [0, 0.1) is 0 Å². The fraction of sp³-hybridized carbons (Fsp3) is 0.462. The van der Waals surface area contributed by atoms with E-state index < -0.39 is 0 Å². The lowest BCUT2D eigenvalue weighted by atomic mass is 10.3. The third-order valence-electron chi connectivity index (χ3n) is 2.83. The molecule has 86 valence electrons. The Balaban J connectivity index is 2.49. The summed E-state index contributed by atoms with van der Waals surface area (Å²) in [4.78, 5) is 0. The van der Waals surface area contributed by atoms with E-state index in [9.17, 15) is 0 Å². The first-order valence-corrected chi connectivity index (χ1v) is 5.72. The van der Waals surface area contributed by atoms with Gasteiger partial charge in [0.1, 0.15) is 6.54 Å². The summed E-state index contributed by atoms with van der Waals surface area (Å²) in [5.74, 6) is 0. The molecule has 3 nitrogen and oxygen atoms in total. The van der Waals surface area contributed by atoms with Crippen LogP contribution in [0.5, 0.6) is 0 Å². The standard InChI is InChI=1S/C13H19N2O/c1-11(2)15-10-14(8-9-16-3)12-6-4-5-7-13(12)15/h4-7,10-11H,8-9H2,1-3H3/q+1. The van der Waals surface area contributed by atoms with Crippen LogP contribution in [0.1, 0.15) is 19.9 Å². The van der Waals surface area contributed by atoms with Crippen molar-refractivity contribution in [2.24, 2.45) is 0 Å². The molecule has 1 aromatic carbocycles. The third-order valence-corrected chi connectivity index (χ3v) is 2.83. The molecule has 1 heterocycles. The molecule has 1 aromatic heterocycles. The molecule has 0 saturated carbocycles. The largest absolute Gasteiger partial charge is 0.381 e. The highest BCUT2D eigenvalue weighted by atomic mass is 16.5. The van der Waals surface area contributed by atoms with Crippen LogP contribution in [0.15, 0.2) is 30.6 Å². The molecule has 0 radical (unpaired) electrons. The number of fused-ring (bicyclic) bond motifs is 1. The van der Waals surface area contributed by atoms with E-state index in [1.54, 1.807) is 7.11 Å². The number of rotatable bonds is 4. The van der Waals surface area contributed by atoms with Crippen molar-refractivity contribution >= 4 is 11.0 Å². The second-order valence-electron chi connectivity index (χ2n) is 4.29. The number of para-hydroxylation sites is 2. The first-order chi connectivity index (χ1) is 7.74. The number of ether oxygens (including phenoxy) is 1. The number of hydrogen-bond acceptors (Lipinski definition) is 1. The lowest BCUT2D eigenvalue weighted by Gasteiger charge is -1.99. The van der Waals surface area contributed by atoms with Gasteiger partial charge < -0.3 is 4.74 Å². The van der Waals surface area contributed by atoms with Gasteiger partial charge in [-0.1, -0.05) is 12.1 Å². The fourth-order valence-electron chi connectivity index (χ4n) is 1.98. The maximum absolute atomic E-state index is 5.13. The normalized spacial score (nSPS) is 11.5. The van der Waals surface area contributed by atoms with Gasteiger partial charge in [0.05, 0.1) is 12.6 Å². The molecule has 0 aliphatic rings. The Morgan fingerprint density at radius 3 is 2.75 bits per heavy atom. The van der Waals surface area contributed by atoms with Crippen molar-refractivity contribution in [1.82, 2.24) is 4.57 Å². The summed E-state index contributed by atoms with van der Waals surface area (Å²) in [6.45, 7) is 6.05. The van der Waals surface area contributed by atoms with E-state index in [2.05, 4.69) is 53.6 Å². The summed E-state index contributed by atoms with van der Waals surface area (Å²) in [5.41, 5.74) is 2.56. The molecule has 0 saturated heterocycles. The maximum atomic E-state index is 5.13. The smallest absolute Gasteiger partial charge is 0.245 e. The highest BCUT2D eigenvalue weighted by Crippen LogP contribution is 2.15. The number of benzene rings is 1. The average molecular weight is 219 g/mol. The predicted octanol–water partition coefficient (Wildman–Crippen LogP) is 2.16. The summed E-state index contributed by atoms with van der Waals surface area (Å²) in [7, 11) is 1.74. The van der Waals surface area contributed by atoms with Crippen LogP contribution in [0.2, 0.25) is 0 Å². The second-order valence-corrected chi connectivity index (χ2v) is 4.29. The fourth-order valence-corrected chi connectivity index (χ4v) is 1.98. The Hall–Kier alpha value is -1.35. The Kier molecular flexibility index (Phi) is 3.25.